The van der Waals surface area contributed by atoms with E-state index in [1.807, 2.05) is 0 Å². The maximum Gasteiger partial charge on any atom is 0.239 e. The van der Waals surface area contributed by atoms with E-state index in [0.29, 0.717) is 5.01 Å². The highest BCUT2D eigenvalue weighted by molar-refractivity contribution is 5.81. The number of nitrogens with zero attached hydrogens (tertiary/aromatic N) is 8. The molecular formula is C4H4N8O3. The van der Waals surface area contributed by atoms with E-state index in [-0.39, 0.29) is 0 Å². The Balaban J connectivity index is 4.32. The van der Waals surface area contributed by atoms with E-state index in [2.05, 4.69) is 25.3 Å². The number of rotatable bonds is 5. The van der Waals surface area contributed by atoms with E-state index in [4.69, 9.17) is 11.1 Å². The molecule has 0 N–H and O–H groups in total. The van der Waals surface area contributed by atoms with Gasteiger partial charge in [0.15, 0.2) is 0 Å². The molecule has 78 valence electrons. The van der Waals surface area contributed by atoms with Crippen LogP contribution in [0.5, 0.6) is 0 Å². The van der Waals surface area contributed by atoms with Gasteiger partial charge in [-0.15, -0.1) is 4.91 Å². The molecule has 0 rings (SSSR count). The summed E-state index contributed by atoms with van der Waals surface area (Å²) in [6, 6.07) is 0. The third kappa shape index (κ3) is 5.58. The molecule has 0 aromatic rings. The number of azide groups is 2. The van der Waals surface area contributed by atoms with Gasteiger partial charge >= 0.3 is 0 Å². The van der Waals surface area contributed by atoms with Gasteiger partial charge < -0.3 is 0 Å². The molecule has 15 heavy (non-hydrogen) atoms. The summed E-state index contributed by atoms with van der Waals surface area (Å²) in [5, 5.41) is 8.08. The first kappa shape index (κ1) is 12.4. The molecule has 0 fully saturated rings. The molecule has 0 saturated heterocycles. The molecule has 11 heteroatoms. The molecular weight excluding hydrogens is 208 g/mol. The Kier molecular flexibility index (Phi) is 5.63. The Morgan fingerprint density at radius 3 is 1.73 bits per heavy atom. The van der Waals surface area contributed by atoms with Gasteiger partial charge in [-0.3, -0.25) is 9.59 Å². The van der Waals surface area contributed by atoms with Crippen LogP contribution in [-0.4, -0.2) is 29.9 Å². The third-order valence-corrected chi connectivity index (χ3v) is 1.06. The number of amides is 2. The Morgan fingerprint density at radius 2 is 1.47 bits per heavy atom. The van der Waals surface area contributed by atoms with Gasteiger partial charge in [0.25, 0.3) is 0 Å². The Morgan fingerprint density at radius 1 is 1.07 bits per heavy atom. The second-order valence-corrected chi connectivity index (χ2v) is 2.07. The minimum absolute atomic E-state index is 0.466. The summed E-state index contributed by atoms with van der Waals surface area (Å²) < 4.78 is 0. The van der Waals surface area contributed by atoms with Crippen LogP contribution in [0, 0.1) is 4.91 Å². The predicted octanol–water partition coefficient (Wildman–Crippen LogP) is 0.644. The summed E-state index contributed by atoms with van der Waals surface area (Å²) in [4.78, 5) is 35.8. The van der Waals surface area contributed by atoms with Crippen LogP contribution in [0.2, 0.25) is 0 Å². The zero-order valence-electron chi connectivity index (χ0n) is 7.22. The zero-order chi connectivity index (χ0) is 11.7. The fraction of sp³-hybridized carbons (Fsp3) is 0.500. The molecule has 0 aromatic heterocycles. The summed E-state index contributed by atoms with van der Waals surface area (Å²) in [5.41, 5.74) is 15.7. The lowest BCUT2D eigenvalue weighted by atomic mass is 10.5. The topological polar surface area (TPSA) is 164 Å². The summed E-state index contributed by atoms with van der Waals surface area (Å²) in [6.45, 7) is -1.31. The van der Waals surface area contributed by atoms with Gasteiger partial charge in [0.05, 0.1) is 5.29 Å². The van der Waals surface area contributed by atoms with Crippen molar-refractivity contribution >= 4 is 11.8 Å². The molecule has 0 spiro atoms. The van der Waals surface area contributed by atoms with Crippen molar-refractivity contribution < 1.29 is 9.59 Å². The lowest BCUT2D eigenvalue weighted by Gasteiger charge is -2.09. The van der Waals surface area contributed by atoms with Crippen molar-refractivity contribution in [1.82, 2.24) is 5.01 Å². The molecule has 0 saturated carbocycles. The molecule has 0 aliphatic rings. The van der Waals surface area contributed by atoms with Crippen LogP contribution in [0.1, 0.15) is 0 Å². The highest BCUT2D eigenvalue weighted by Gasteiger charge is 2.11. The van der Waals surface area contributed by atoms with Crippen molar-refractivity contribution in [3.05, 3.63) is 25.8 Å². The van der Waals surface area contributed by atoms with Crippen molar-refractivity contribution in [3.8, 4) is 0 Å². The van der Waals surface area contributed by atoms with Crippen molar-refractivity contribution in [1.29, 1.82) is 0 Å². The normalized spacial score (nSPS) is 8.00. The minimum atomic E-state index is -0.981. The van der Waals surface area contributed by atoms with E-state index in [9.17, 15) is 14.5 Å². The van der Waals surface area contributed by atoms with Crippen LogP contribution in [0.15, 0.2) is 15.5 Å². The van der Waals surface area contributed by atoms with Crippen molar-refractivity contribution in [2.75, 3.05) is 13.1 Å². The summed E-state index contributed by atoms with van der Waals surface area (Å²) >= 11 is 0. The van der Waals surface area contributed by atoms with Gasteiger partial charge in [-0.2, -0.15) is 0 Å². The highest BCUT2D eigenvalue weighted by atomic mass is 16.3. The van der Waals surface area contributed by atoms with Crippen molar-refractivity contribution in [3.63, 3.8) is 0 Å². The second kappa shape index (κ2) is 6.83. The van der Waals surface area contributed by atoms with E-state index in [0.717, 1.165) is 0 Å². The largest absolute Gasteiger partial charge is 0.290 e. The van der Waals surface area contributed by atoms with Gasteiger partial charge in [0.1, 0.15) is 13.1 Å². The van der Waals surface area contributed by atoms with Gasteiger partial charge in [-0.1, -0.05) is 0 Å². The van der Waals surface area contributed by atoms with Crippen LogP contribution in [0.4, 0.5) is 0 Å². The van der Waals surface area contributed by atoms with Crippen LogP contribution >= 0.6 is 0 Å². The SMILES string of the molecule is [N-]=[N+]=NC(=O)CN(CC(=O)N=[N+]=[N-])N=O. The Hall–Kier alpha value is -2.64. The molecule has 0 aliphatic carbocycles. The number of nitroso groups, excluding NO2 is 1. The fourth-order valence-electron chi connectivity index (χ4n) is 0.589. The van der Waals surface area contributed by atoms with Crippen LogP contribution in [0.3, 0.4) is 0 Å². The quantitative estimate of drug-likeness (QED) is 0.214. The Labute approximate surface area is 81.8 Å². The van der Waals surface area contributed by atoms with Gasteiger partial charge in [-0.25, -0.2) is 5.01 Å². The lowest BCUT2D eigenvalue weighted by molar-refractivity contribution is -0.121. The van der Waals surface area contributed by atoms with Crippen LogP contribution in [0.25, 0.3) is 20.9 Å². The standard InChI is InChI=1S/C4H4N8O3/c5-9-7-3(13)1-12(11-15)2-4(14)8-10-6/h1-2H2. The molecule has 0 bridgehead atoms. The second-order valence-electron chi connectivity index (χ2n) is 2.07. The van der Waals surface area contributed by atoms with E-state index < -0.39 is 24.9 Å². The van der Waals surface area contributed by atoms with Gasteiger partial charge in [0.2, 0.25) is 11.8 Å². The first-order valence-corrected chi connectivity index (χ1v) is 3.38. The average molecular weight is 212 g/mol. The summed E-state index contributed by atoms with van der Waals surface area (Å²) in [6.07, 6.45) is 0. The van der Waals surface area contributed by atoms with E-state index >= 15 is 0 Å². The minimum Gasteiger partial charge on any atom is -0.290 e. The van der Waals surface area contributed by atoms with Crippen LogP contribution < -0.4 is 0 Å². The fourth-order valence-corrected chi connectivity index (χ4v) is 0.589. The monoisotopic (exact) mass is 212 g/mol. The number of hydrogen-bond donors (Lipinski definition) is 0. The molecule has 0 heterocycles. The number of carbonyl (C=O) groups is 2. The van der Waals surface area contributed by atoms with Gasteiger partial charge in [-0.05, 0) is 21.3 Å². The van der Waals surface area contributed by atoms with E-state index in [1.54, 1.807) is 0 Å². The van der Waals surface area contributed by atoms with Gasteiger partial charge in [0, 0.05) is 9.82 Å². The van der Waals surface area contributed by atoms with Crippen molar-refractivity contribution in [2.45, 2.75) is 0 Å². The maximum absolute atomic E-state index is 10.7. The molecule has 0 aliphatic heterocycles. The molecule has 11 nitrogen and oxygen atoms in total. The predicted molar refractivity (Wildman–Crippen MR) is 45.7 cm³/mol. The first-order chi connectivity index (χ1) is 7.13. The highest BCUT2D eigenvalue weighted by Crippen LogP contribution is 1.92. The van der Waals surface area contributed by atoms with Crippen LogP contribution in [-0.2, 0) is 9.59 Å². The van der Waals surface area contributed by atoms with Crippen molar-refractivity contribution in [2.24, 2.45) is 15.5 Å². The molecule has 0 aromatic carbocycles. The lowest BCUT2D eigenvalue weighted by Crippen LogP contribution is -2.28. The first-order valence-electron chi connectivity index (χ1n) is 3.38. The summed E-state index contributed by atoms with van der Waals surface area (Å²) in [7, 11) is 0. The smallest absolute Gasteiger partial charge is 0.239 e. The Bertz CT molecular complexity index is 332. The zero-order valence-corrected chi connectivity index (χ0v) is 7.22. The average Bonchev–Trinajstić information content (AvgIpc) is 2.17. The molecule has 2 amide bonds. The number of carbonyl (C=O) groups excluding carboxylic acids is 2. The number of hydrogen-bond acceptors (Lipinski definition) is 4. The summed E-state index contributed by atoms with van der Waals surface area (Å²) in [5.74, 6) is -1.96. The maximum atomic E-state index is 10.7. The molecule has 0 radical (unpaired) electrons. The van der Waals surface area contributed by atoms with E-state index in [1.165, 1.54) is 0 Å². The molecule has 0 unspecified atom stereocenters. The molecule has 0 atom stereocenters. The third-order valence-electron chi connectivity index (χ3n) is 1.06.